The maximum absolute atomic E-state index is 5.43. The Labute approximate surface area is 295 Å². The summed E-state index contributed by atoms with van der Waals surface area (Å²) in [6, 6.07) is 47.4. The SMILES string of the molecule is COc1cc(/C=C/[P+](N(C)C)(N(C)C)N(C)C)cc(OC)c1OC.c1ccc([B-](c2ccccc2)(c2ccccc2)c2ccccc2)cc1. The Morgan fingerprint density at radius 3 is 1.02 bits per heavy atom. The summed E-state index contributed by atoms with van der Waals surface area (Å²) in [5.74, 6) is 4.17. The smallest absolute Gasteiger partial charge is 0.253 e. The molecule has 0 spiro atoms. The van der Waals surface area contributed by atoms with Gasteiger partial charge in [-0.1, -0.05) is 121 Å². The topological polar surface area (TPSA) is 37.4 Å². The highest BCUT2D eigenvalue weighted by molar-refractivity contribution is 7.72. The number of rotatable bonds is 12. The predicted molar refractivity (Wildman–Crippen MR) is 213 cm³/mol. The van der Waals surface area contributed by atoms with E-state index < -0.39 is 13.9 Å². The van der Waals surface area contributed by atoms with Crippen LogP contribution in [0, 0.1) is 0 Å². The van der Waals surface area contributed by atoms with E-state index in [0.29, 0.717) is 17.2 Å². The van der Waals surface area contributed by atoms with Gasteiger partial charge in [0.05, 0.1) is 21.3 Å². The molecule has 0 unspecified atom stereocenters. The van der Waals surface area contributed by atoms with Crippen molar-refractivity contribution in [3.63, 3.8) is 0 Å². The van der Waals surface area contributed by atoms with E-state index in [1.165, 1.54) is 21.9 Å². The van der Waals surface area contributed by atoms with Crippen molar-refractivity contribution in [3.8, 4) is 17.2 Å². The van der Waals surface area contributed by atoms with Gasteiger partial charge in [0.15, 0.2) is 11.5 Å². The molecule has 0 aliphatic carbocycles. The van der Waals surface area contributed by atoms with Gasteiger partial charge in [-0.2, -0.15) is 35.9 Å². The largest absolute Gasteiger partial charge is 0.493 e. The zero-order chi connectivity index (χ0) is 35.4. The molecule has 5 aromatic carbocycles. The minimum absolute atomic E-state index is 0.603. The molecule has 6 nitrogen and oxygen atoms in total. The van der Waals surface area contributed by atoms with Gasteiger partial charge in [0.1, 0.15) is 12.0 Å². The fourth-order valence-corrected chi connectivity index (χ4v) is 10.3. The molecule has 256 valence electrons. The van der Waals surface area contributed by atoms with E-state index in [0.717, 1.165) is 5.56 Å². The van der Waals surface area contributed by atoms with Crippen LogP contribution in [0.4, 0.5) is 0 Å². The molecule has 0 saturated carbocycles. The Morgan fingerprint density at radius 1 is 0.469 bits per heavy atom. The van der Waals surface area contributed by atoms with Gasteiger partial charge in [-0.05, 0) is 23.8 Å². The van der Waals surface area contributed by atoms with E-state index >= 15 is 0 Å². The molecule has 0 heterocycles. The number of methoxy groups -OCH3 is 3. The molecule has 0 fully saturated rings. The highest BCUT2D eigenvalue weighted by Gasteiger charge is 2.45. The molecular formula is C41H51BN3O3P. The molecule has 0 saturated heterocycles. The number of ether oxygens (including phenoxy) is 3. The van der Waals surface area contributed by atoms with Gasteiger partial charge in [0.2, 0.25) is 5.75 Å². The second-order valence-corrected chi connectivity index (χ2v) is 16.4. The standard InChI is InChI=1S/C24H20B.C17H31N3O3P/c1-5-13-21(14-6-1)25(22-15-7-2-8-16-22,23-17-9-3-10-18-23)24-19-11-4-12-20-24;1-18(2)24(19(3)4,20(5)6)11-10-14-12-15(21-7)17(23-9)16(13-14)22-8/h1-20H;10-13H,1-9H3/q-1;+1/b;11-10+. The lowest BCUT2D eigenvalue weighted by atomic mass is 9.13. The molecule has 0 aromatic heterocycles. The fraction of sp³-hybridized carbons (Fsp3) is 0.220. The molecule has 0 atom stereocenters. The van der Waals surface area contributed by atoms with E-state index in [1.54, 1.807) is 21.3 Å². The normalized spacial score (nSPS) is 11.8. The van der Waals surface area contributed by atoms with Crippen LogP contribution >= 0.6 is 7.71 Å². The van der Waals surface area contributed by atoms with Crippen molar-refractivity contribution in [1.82, 2.24) is 14.0 Å². The average molecular weight is 676 g/mol. The second-order valence-electron chi connectivity index (χ2n) is 12.4. The summed E-state index contributed by atoms with van der Waals surface area (Å²) in [7, 11) is 15.8. The highest BCUT2D eigenvalue weighted by Crippen LogP contribution is 2.65. The number of benzene rings is 5. The molecule has 0 amide bonds. The van der Waals surface area contributed by atoms with E-state index in [2.05, 4.69) is 190 Å². The molecule has 0 aliphatic heterocycles. The molecule has 8 heteroatoms. The number of nitrogens with zero attached hydrogens (tertiary/aromatic N) is 3. The molecule has 5 rings (SSSR count). The van der Waals surface area contributed by atoms with Gasteiger partial charge >= 0.3 is 0 Å². The van der Waals surface area contributed by atoms with Crippen LogP contribution in [0.25, 0.3) is 6.08 Å². The number of hydrogen-bond acceptors (Lipinski definition) is 6. The lowest BCUT2D eigenvalue weighted by Crippen LogP contribution is -2.74. The van der Waals surface area contributed by atoms with Gasteiger partial charge < -0.3 is 14.2 Å². The van der Waals surface area contributed by atoms with Crippen molar-refractivity contribution in [3.05, 3.63) is 145 Å². The first-order valence-corrected chi connectivity index (χ1v) is 18.2. The minimum Gasteiger partial charge on any atom is -0.493 e. The third kappa shape index (κ3) is 7.93. The molecule has 0 aliphatic rings. The monoisotopic (exact) mass is 675 g/mol. The van der Waals surface area contributed by atoms with E-state index in [-0.39, 0.29) is 0 Å². The van der Waals surface area contributed by atoms with Crippen molar-refractivity contribution in [2.45, 2.75) is 0 Å². The first-order chi connectivity index (χ1) is 23.7. The molecule has 0 bridgehead atoms. The lowest BCUT2D eigenvalue weighted by molar-refractivity contribution is 0.324. The Bertz CT molecular complexity index is 1540. The van der Waals surface area contributed by atoms with Gasteiger partial charge in [-0.25, -0.2) is 0 Å². The van der Waals surface area contributed by atoms with Crippen molar-refractivity contribution < 1.29 is 14.2 Å². The summed E-state index contributed by atoms with van der Waals surface area (Å²) in [4.78, 5) is 0. The Kier molecular flexibility index (Phi) is 13.2. The summed E-state index contributed by atoms with van der Waals surface area (Å²) in [6.45, 7) is 0. The molecular weight excluding hydrogens is 624 g/mol. The van der Waals surface area contributed by atoms with Crippen LogP contribution in [0.3, 0.4) is 0 Å². The average Bonchev–Trinajstić information content (AvgIpc) is 3.13. The zero-order valence-corrected chi connectivity index (χ0v) is 31.3. The molecule has 0 radical (unpaired) electrons. The van der Waals surface area contributed by atoms with Crippen LogP contribution < -0.4 is 36.1 Å². The Morgan fingerprint density at radius 2 is 0.776 bits per heavy atom. The van der Waals surface area contributed by atoms with Crippen LogP contribution in [0.5, 0.6) is 17.2 Å². The summed E-state index contributed by atoms with van der Waals surface area (Å²) in [5.41, 5.74) is 6.36. The minimum atomic E-state index is -1.74. The second kappa shape index (κ2) is 17.3. The van der Waals surface area contributed by atoms with E-state index in [4.69, 9.17) is 14.2 Å². The quantitative estimate of drug-likeness (QED) is 0.116. The van der Waals surface area contributed by atoms with E-state index in [1.807, 2.05) is 12.1 Å². The van der Waals surface area contributed by atoms with Crippen LogP contribution in [-0.4, -0.2) is 83.8 Å². The molecule has 49 heavy (non-hydrogen) atoms. The summed E-state index contributed by atoms with van der Waals surface area (Å²) in [6.07, 6.45) is 0.894. The fourth-order valence-electron chi connectivity index (χ4n) is 6.98. The molecule has 0 N–H and O–H groups in total. The maximum atomic E-state index is 5.43. The summed E-state index contributed by atoms with van der Waals surface area (Å²) < 4.78 is 23.0. The highest BCUT2D eigenvalue weighted by atomic mass is 31.2. The van der Waals surface area contributed by atoms with Crippen molar-refractivity contribution in [2.24, 2.45) is 0 Å². The van der Waals surface area contributed by atoms with Gasteiger partial charge in [-0.15, -0.1) is 0 Å². The first kappa shape index (κ1) is 37.4. The van der Waals surface area contributed by atoms with Crippen LogP contribution in [0.15, 0.2) is 139 Å². The van der Waals surface area contributed by atoms with Gasteiger partial charge in [0, 0.05) is 42.3 Å². The van der Waals surface area contributed by atoms with Crippen LogP contribution in [0.1, 0.15) is 5.56 Å². The zero-order valence-electron chi connectivity index (χ0n) is 30.4. The van der Waals surface area contributed by atoms with Gasteiger partial charge in [0.25, 0.3) is 7.71 Å². The summed E-state index contributed by atoms with van der Waals surface area (Å²) >= 11 is 0. The van der Waals surface area contributed by atoms with Crippen molar-refractivity contribution in [2.75, 3.05) is 63.6 Å². The molecule has 5 aromatic rings. The third-order valence-corrected chi connectivity index (χ3v) is 13.2. The first-order valence-electron chi connectivity index (χ1n) is 16.5. The number of hydrogen-bond donors (Lipinski definition) is 0. The van der Waals surface area contributed by atoms with Gasteiger partial charge in [-0.3, -0.25) is 0 Å². The Hall–Kier alpha value is -4.39. The van der Waals surface area contributed by atoms with Crippen molar-refractivity contribution >= 4 is 41.8 Å². The summed E-state index contributed by atoms with van der Waals surface area (Å²) in [5, 5.41) is 0. The van der Waals surface area contributed by atoms with Crippen molar-refractivity contribution in [1.29, 1.82) is 0 Å². The maximum Gasteiger partial charge on any atom is 0.253 e. The van der Waals surface area contributed by atoms with E-state index in [9.17, 15) is 0 Å². The van der Waals surface area contributed by atoms with Crippen LogP contribution in [0.2, 0.25) is 0 Å². The third-order valence-electron chi connectivity index (χ3n) is 9.12. The lowest BCUT2D eigenvalue weighted by Gasteiger charge is -2.44. The predicted octanol–water partition coefficient (Wildman–Crippen LogP) is 6.19. The Balaban J connectivity index is 0.000000221. The van der Waals surface area contributed by atoms with Crippen LogP contribution in [-0.2, 0) is 0 Å².